The summed E-state index contributed by atoms with van der Waals surface area (Å²) in [6.45, 7) is 0.915. The number of rotatable bonds is 8. The SMILES string of the molecule is CC(=O)c1cccc(NC(=O)COC(=O)CSc2ccccc2[N+](=O)[O-])c1. The first-order valence-electron chi connectivity index (χ1n) is 7.79. The van der Waals surface area contributed by atoms with Crippen molar-refractivity contribution in [2.45, 2.75) is 11.8 Å². The van der Waals surface area contributed by atoms with Crippen molar-refractivity contribution in [3.63, 3.8) is 0 Å². The van der Waals surface area contributed by atoms with Gasteiger partial charge in [0.1, 0.15) is 0 Å². The van der Waals surface area contributed by atoms with Crippen LogP contribution in [0.2, 0.25) is 0 Å². The maximum atomic E-state index is 11.8. The number of hydrogen-bond acceptors (Lipinski definition) is 7. The summed E-state index contributed by atoms with van der Waals surface area (Å²) in [6, 6.07) is 12.4. The van der Waals surface area contributed by atoms with Gasteiger partial charge in [-0.05, 0) is 25.1 Å². The number of hydrogen-bond donors (Lipinski definition) is 1. The van der Waals surface area contributed by atoms with Gasteiger partial charge in [-0.3, -0.25) is 24.5 Å². The van der Waals surface area contributed by atoms with E-state index in [-0.39, 0.29) is 17.2 Å². The first kappa shape index (κ1) is 20.1. The summed E-state index contributed by atoms with van der Waals surface area (Å²) in [4.78, 5) is 45.7. The number of anilines is 1. The Labute approximate surface area is 159 Å². The Morgan fingerprint density at radius 1 is 1.15 bits per heavy atom. The number of carbonyl (C=O) groups excluding carboxylic acids is 3. The molecule has 0 aliphatic carbocycles. The van der Waals surface area contributed by atoms with Crippen molar-refractivity contribution in [2.75, 3.05) is 17.7 Å². The fourth-order valence-electron chi connectivity index (χ4n) is 2.07. The third-order valence-electron chi connectivity index (χ3n) is 3.32. The zero-order valence-corrected chi connectivity index (χ0v) is 15.2. The summed E-state index contributed by atoms with van der Waals surface area (Å²) in [7, 11) is 0. The zero-order valence-electron chi connectivity index (χ0n) is 14.3. The quantitative estimate of drug-likeness (QED) is 0.243. The van der Waals surface area contributed by atoms with Crippen LogP contribution in [-0.2, 0) is 14.3 Å². The predicted octanol–water partition coefficient (Wildman–Crippen LogP) is 3.07. The zero-order chi connectivity index (χ0) is 19.8. The molecule has 0 fully saturated rings. The molecule has 27 heavy (non-hydrogen) atoms. The topological polar surface area (TPSA) is 116 Å². The van der Waals surface area contributed by atoms with Crippen LogP contribution in [0.15, 0.2) is 53.4 Å². The number of nitro groups is 1. The number of amides is 1. The van der Waals surface area contributed by atoms with Gasteiger partial charge in [0.2, 0.25) is 0 Å². The summed E-state index contributed by atoms with van der Waals surface area (Å²) in [6.07, 6.45) is 0. The fourth-order valence-corrected chi connectivity index (χ4v) is 2.89. The Morgan fingerprint density at radius 3 is 2.59 bits per heavy atom. The van der Waals surface area contributed by atoms with E-state index in [1.807, 2.05) is 0 Å². The van der Waals surface area contributed by atoms with Crippen LogP contribution in [0.3, 0.4) is 0 Å². The van der Waals surface area contributed by atoms with E-state index in [4.69, 9.17) is 4.74 Å². The molecule has 0 atom stereocenters. The number of ketones is 1. The summed E-state index contributed by atoms with van der Waals surface area (Å²) in [5, 5.41) is 13.4. The lowest BCUT2D eigenvalue weighted by Crippen LogP contribution is -2.21. The smallest absolute Gasteiger partial charge is 0.316 e. The molecule has 0 radical (unpaired) electrons. The molecule has 0 saturated carbocycles. The third-order valence-corrected chi connectivity index (χ3v) is 4.36. The molecule has 0 unspecified atom stereocenters. The van der Waals surface area contributed by atoms with Crippen molar-refractivity contribution in [1.29, 1.82) is 0 Å². The van der Waals surface area contributed by atoms with Crippen LogP contribution in [0.25, 0.3) is 0 Å². The molecule has 2 aromatic rings. The summed E-state index contributed by atoms with van der Waals surface area (Å²) in [5.41, 5.74) is 0.766. The summed E-state index contributed by atoms with van der Waals surface area (Å²) in [5.74, 6) is -1.53. The van der Waals surface area contributed by atoms with E-state index in [1.165, 1.54) is 31.2 Å². The number of thioether (sulfide) groups is 1. The van der Waals surface area contributed by atoms with E-state index in [1.54, 1.807) is 24.3 Å². The van der Waals surface area contributed by atoms with Gasteiger partial charge in [0.25, 0.3) is 11.6 Å². The Bertz CT molecular complexity index is 884. The number of nitrogens with zero attached hydrogens (tertiary/aromatic N) is 1. The van der Waals surface area contributed by atoms with E-state index < -0.39 is 23.4 Å². The van der Waals surface area contributed by atoms with Gasteiger partial charge in [0.05, 0.1) is 15.6 Å². The van der Waals surface area contributed by atoms with Crippen molar-refractivity contribution in [3.05, 3.63) is 64.2 Å². The lowest BCUT2D eigenvalue weighted by molar-refractivity contribution is -0.387. The average Bonchev–Trinajstić information content (AvgIpc) is 2.65. The molecule has 1 amide bonds. The predicted molar refractivity (Wildman–Crippen MR) is 99.9 cm³/mol. The first-order valence-corrected chi connectivity index (χ1v) is 8.78. The van der Waals surface area contributed by atoms with Gasteiger partial charge >= 0.3 is 5.97 Å². The number of para-hydroxylation sites is 1. The lowest BCUT2D eigenvalue weighted by Gasteiger charge is -2.07. The molecule has 8 nitrogen and oxygen atoms in total. The van der Waals surface area contributed by atoms with E-state index in [0.717, 1.165) is 11.8 Å². The van der Waals surface area contributed by atoms with Gasteiger partial charge in [0.15, 0.2) is 12.4 Å². The lowest BCUT2D eigenvalue weighted by atomic mass is 10.1. The number of esters is 1. The maximum absolute atomic E-state index is 11.8. The van der Waals surface area contributed by atoms with Crippen LogP contribution < -0.4 is 5.32 Å². The molecular weight excluding hydrogens is 372 g/mol. The van der Waals surface area contributed by atoms with Crippen molar-refractivity contribution in [3.8, 4) is 0 Å². The Kier molecular flexibility index (Phi) is 7.07. The van der Waals surface area contributed by atoms with Crippen LogP contribution in [0, 0.1) is 10.1 Å². The molecule has 0 aromatic heterocycles. The summed E-state index contributed by atoms with van der Waals surface area (Å²) < 4.78 is 4.87. The van der Waals surface area contributed by atoms with E-state index in [9.17, 15) is 24.5 Å². The molecule has 0 aliphatic heterocycles. The van der Waals surface area contributed by atoms with Gasteiger partial charge < -0.3 is 10.1 Å². The minimum atomic E-state index is -0.675. The van der Waals surface area contributed by atoms with Crippen molar-refractivity contribution in [1.82, 2.24) is 0 Å². The van der Waals surface area contributed by atoms with Gasteiger partial charge in [-0.15, -0.1) is 11.8 Å². The second-order valence-corrected chi connectivity index (χ2v) is 6.38. The van der Waals surface area contributed by atoms with Crippen molar-refractivity contribution in [2.24, 2.45) is 0 Å². The average molecular weight is 388 g/mol. The van der Waals surface area contributed by atoms with Crippen LogP contribution >= 0.6 is 11.8 Å². The van der Waals surface area contributed by atoms with E-state index in [0.29, 0.717) is 16.1 Å². The number of nitro benzene ring substituents is 1. The highest BCUT2D eigenvalue weighted by atomic mass is 32.2. The molecule has 1 N–H and O–H groups in total. The molecule has 140 valence electrons. The Balaban J connectivity index is 1.82. The van der Waals surface area contributed by atoms with E-state index in [2.05, 4.69) is 5.32 Å². The number of Topliss-reactive ketones (excluding diaryl/α,β-unsaturated/α-hetero) is 1. The second kappa shape index (κ2) is 9.48. The fraction of sp³-hybridized carbons (Fsp3) is 0.167. The van der Waals surface area contributed by atoms with Crippen LogP contribution in [-0.4, -0.2) is 34.9 Å². The number of benzene rings is 2. The summed E-state index contributed by atoms with van der Waals surface area (Å²) >= 11 is 0.959. The van der Waals surface area contributed by atoms with Crippen molar-refractivity contribution >= 4 is 40.8 Å². The largest absolute Gasteiger partial charge is 0.455 e. The first-order chi connectivity index (χ1) is 12.9. The highest BCUT2D eigenvalue weighted by Gasteiger charge is 2.15. The van der Waals surface area contributed by atoms with Crippen molar-refractivity contribution < 1.29 is 24.0 Å². The van der Waals surface area contributed by atoms with Gasteiger partial charge in [-0.1, -0.05) is 24.3 Å². The highest BCUT2D eigenvalue weighted by Crippen LogP contribution is 2.28. The maximum Gasteiger partial charge on any atom is 0.316 e. The Hall–Kier alpha value is -3.20. The molecule has 0 saturated heterocycles. The molecule has 0 aliphatic rings. The minimum Gasteiger partial charge on any atom is -0.455 e. The number of nitrogens with one attached hydrogen (secondary N) is 1. The molecule has 0 heterocycles. The van der Waals surface area contributed by atoms with Crippen LogP contribution in [0.5, 0.6) is 0 Å². The number of ether oxygens (including phenoxy) is 1. The molecule has 2 rings (SSSR count). The van der Waals surface area contributed by atoms with Crippen LogP contribution in [0.1, 0.15) is 17.3 Å². The van der Waals surface area contributed by atoms with E-state index >= 15 is 0 Å². The highest BCUT2D eigenvalue weighted by molar-refractivity contribution is 8.00. The van der Waals surface area contributed by atoms with Crippen LogP contribution in [0.4, 0.5) is 11.4 Å². The second-order valence-electron chi connectivity index (χ2n) is 5.36. The molecular formula is C18H16N2O6S. The Morgan fingerprint density at radius 2 is 1.89 bits per heavy atom. The standard InChI is InChI=1S/C18H16N2O6S/c1-12(21)13-5-4-6-14(9-13)19-17(22)10-26-18(23)11-27-16-8-3-2-7-15(16)20(24)25/h2-9H,10-11H2,1H3,(H,19,22). The molecule has 9 heteroatoms. The third kappa shape index (κ3) is 6.23. The minimum absolute atomic E-state index is 0.0987. The monoisotopic (exact) mass is 388 g/mol. The van der Waals surface area contributed by atoms with Gasteiger partial charge in [0, 0.05) is 17.3 Å². The molecule has 2 aromatic carbocycles. The van der Waals surface area contributed by atoms with Gasteiger partial charge in [-0.2, -0.15) is 0 Å². The van der Waals surface area contributed by atoms with Gasteiger partial charge in [-0.25, -0.2) is 0 Å². The molecule has 0 spiro atoms. The normalized spacial score (nSPS) is 10.1. The molecule has 0 bridgehead atoms. The number of carbonyl (C=O) groups is 3.